The highest BCUT2D eigenvalue weighted by Gasteiger charge is 2.15. The molecule has 0 aliphatic rings. The van der Waals surface area contributed by atoms with Crippen LogP contribution in [-0.4, -0.2) is 35.4 Å². The lowest BCUT2D eigenvalue weighted by Crippen LogP contribution is -2.23. The molecular formula is C23H21N3O5. The van der Waals surface area contributed by atoms with E-state index in [1.54, 1.807) is 30.0 Å². The highest BCUT2D eigenvalue weighted by Crippen LogP contribution is 2.26. The summed E-state index contributed by atoms with van der Waals surface area (Å²) in [6.07, 6.45) is 1.50. The van der Waals surface area contributed by atoms with Gasteiger partial charge in [-0.15, -0.1) is 0 Å². The van der Waals surface area contributed by atoms with Crippen LogP contribution in [-0.2, 0) is 20.7 Å². The number of amides is 1. The van der Waals surface area contributed by atoms with Gasteiger partial charge in [0.15, 0.2) is 6.61 Å². The number of carbonyl (C=O) groups is 2. The maximum absolute atomic E-state index is 12.3. The Morgan fingerprint density at radius 1 is 1.13 bits per heavy atom. The standard InChI is InChI=1S/C23H21N3O5/c1-15-10-21(26(25-15)17-6-4-3-5-7-17)24-22(27)14-31-23(28)11-16-13-30-20-12-18(29-2)8-9-19(16)20/h3-10,12-13H,11,14H2,1-2H3,(H,24,27). The number of methoxy groups -OCH3 is 1. The molecule has 0 bridgehead atoms. The van der Waals surface area contributed by atoms with E-state index in [0.717, 1.165) is 16.8 Å². The summed E-state index contributed by atoms with van der Waals surface area (Å²) < 4.78 is 17.4. The molecule has 158 valence electrons. The Labute approximate surface area is 178 Å². The minimum atomic E-state index is -0.526. The summed E-state index contributed by atoms with van der Waals surface area (Å²) in [5, 5.41) is 7.93. The SMILES string of the molecule is COc1ccc2c(CC(=O)OCC(=O)Nc3cc(C)nn3-c3ccccc3)coc2c1. The number of ether oxygens (including phenoxy) is 2. The number of nitrogens with zero attached hydrogens (tertiary/aromatic N) is 2. The van der Waals surface area contributed by atoms with Crippen molar-refractivity contribution in [2.45, 2.75) is 13.3 Å². The number of aryl methyl sites for hydroxylation is 1. The second kappa shape index (κ2) is 8.74. The summed E-state index contributed by atoms with van der Waals surface area (Å²) in [5.41, 5.74) is 2.86. The number of hydrogen-bond donors (Lipinski definition) is 1. The fourth-order valence-corrected chi connectivity index (χ4v) is 3.21. The van der Waals surface area contributed by atoms with Gasteiger partial charge in [0, 0.05) is 23.1 Å². The Bertz CT molecular complexity index is 1230. The molecule has 0 aliphatic heterocycles. The fourth-order valence-electron chi connectivity index (χ4n) is 3.21. The number of para-hydroxylation sites is 1. The molecule has 0 fully saturated rings. The summed E-state index contributed by atoms with van der Waals surface area (Å²) in [6, 6.07) is 16.5. The van der Waals surface area contributed by atoms with Crippen LogP contribution in [0.2, 0.25) is 0 Å². The summed E-state index contributed by atoms with van der Waals surface area (Å²) in [7, 11) is 1.57. The average molecular weight is 419 g/mol. The molecule has 2 heterocycles. The molecule has 0 unspecified atom stereocenters. The zero-order valence-corrected chi connectivity index (χ0v) is 17.1. The first-order valence-electron chi connectivity index (χ1n) is 9.65. The van der Waals surface area contributed by atoms with Crippen molar-refractivity contribution in [1.29, 1.82) is 0 Å². The molecule has 8 heteroatoms. The van der Waals surface area contributed by atoms with E-state index in [0.29, 0.717) is 22.7 Å². The largest absolute Gasteiger partial charge is 0.497 e. The predicted molar refractivity (Wildman–Crippen MR) is 114 cm³/mol. The number of esters is 1. The molecule has 1 amide bonds. The molecule has 8 nitrogen and oxygen atoms in total. The van der Waals surface area contributed by atoms with Crippen molar-refractivity contribution in [3.8, 4) is 11.4 Å². The average Bonchev–Trinajstić information content (AvgIpc) is 3.35. The number of hydrogen-bond acceptors (Lipinski definition) is 6. The number of benzene rings is 2. The molecular weight excluding hydrogens is 398 g/mol. The van der Waals surface area contributed by atoms with Crippen molar-refractivity contribution in [2.75, 3.05) is 19.0 Å². The van der Waals surface area contributed by atoms with E-state index in [-0.39, 0.29) is 6.42 Å². The maximum atomic E-state index is 12.3. The van der Waals surface area contributed by atoms with Gasteiger partial charge >= 0.3 is 5.97 Å². The van der Waals surface area contributed by atoms with Crippen LogP contribution in [0.25, 0.3) is 16.7 Å². The van der Waals surface area contributed by atoms with E-state index in [1.165, 1.54) is 6.26 Å². The van der Waals surface area contributed by atoms with Gasteiger partial charge in [0.05, 0.1) is 31.2 Å². The van der Waals surface area contributed by atoms with Crippen molar-refractivity contribution < 1.29 is 23.5 Å². The van der Waals surface area contributed by atoms with Crippen molar-refractivity contribution >= 4 is 28.7 Å². The molecule has 4 rings (SSSR count). The maximum Gasteiger partial charge on any atom is 0.310 e. The number of carbonyl (C=O) groups excluding carboxylic acids is 2. The van der Waals surface area contributed by atoms with Crippen molar-refractivity contribution in [3.63, 3.8) is 0 Å². The first-order valence-corrected chi connectivity index (χ1v) is 9.65. The molecule has 0 radical (unpaired) electrons. The zero-order valence-electron chi connectivity index (χ0n) is 17.1. The molecule has 2 aromatic carbocycles. The Balaban J connectivity index is 1.36. The van der Waals surface area contributed by atoms with Gasteiger partial charge in [-0.3, -0.25) is 9.59 Å². The van der Waals surface area contributed by atoms with Crippen LogP contribution >= 0.6 is 0 Å². The van der Waals surface area contributed by atoms with E-state index in [9.17, 15) is 9.59 Å². The lowest BCUT2D eigenvalue weighted by Gasteiger charge is -2.09. The Kier molecular flexibility index (Phi) is 5.70. The van der Waals surface area contributed by atoms with Gasteiger partial charge in [0.1, 0.15) is 17.2 Å². The highest BCUT2D eigenvalue weighted by atomic mass is 16.5. The molecule has 0 atom stereocenters. The lowest BCUT2D eigenvalue weighted by molar-refractivity contribution is -0.146. The van der Waals surface area contributed by atoms with E-state index in [1.807, 2.05) is 43.3 Å². The third-order valence-corrected chi connectivity index (χ3v) is 4.66. The minimum Gasteiger partial charge on any atom is -0.497 e. The van der Waals surface area contributed by atoms with E-state index < -0.39 is 18.5 Å². The molecule has 0 aliphatic carbocycles. The number of fused-ring (bicyclic) bond motifs is 1. The highest BCUT2D eigenvalue weighted by molar-refractivity contribution is 5.93. The predicted octanol–water partition coefficient (Wildman–Crippen LogP) is 3.66. The van der Waals surface area contributed by atoms with Crippen LogP contribution in [0.5, 0.6) is 5.75 Å². The number of nitrogens with one attached hydrogen (secondary N) is 1. The second-order valence-electron chi connectivity index (χ2n) is 6.93. The second-order valence-corrected chi connectivity index (χ2v) is 6.93. The topological polar surface area (TPSA) is 95.6 Å². The molecule has 0 spiro atoms. The molecule has 4 aromatic rings. The van der Waals surface area contributed by atoms with Gasteiger partial charge in [0.25, 0.3) is 5.91 Å². The van der Waals surface area contributed by atoms with Crippen LogP contribution in [0.15, 0.2) is 65.3 Å². The van der Waals surface area contributed by atoms with Crippen LogP contribution in [0, 0.1) is 6.92 Å². The smallest absolute Gasteiger partial charge is 0.310 e. The van der Waals surface area contributed by atoms with Crippen LogP contribution in [0.1, 0.15) is 11.3 Å². The Hall–Kier alpha value is -4.07. The van der Waals surface area contributed by atoms with Gasteiger partial charge in [-0.25, -0.2) is 4.68 Å². The number of rotatable bonds is 7. The third kappa shape index (κ3) is 4.58. The van der Waals surface area contributed by atoms with E-state index >= 15 is 0 Å². The summed E-state index contributed by atoms with van der Waals surface area (Å²) >= 11 is 0. The first kappa shape index (κ1) is 20.2. The van der Waals surface area contributed by atoms with Crippen LogP contribution in [0.4, 0.5) is 5.82 Å². The van der Waals surface area contributed by atoms with Crippen molar-refractivity contribution in [2.24, 2.45) is 0 Å². The monoisotopic (exact) mass is 419 g/mol. The van der Waals surface area contributed by atoms with Crippen LogP contribution in [0.3, 0.4) is 0 Å². The fraction of sp³-hybridized carbons (Fsp3) is 0.174. The minimum absolute atomic E-state index is 0.00628. The Morgan fingerprint density at radius 2 is 1.94 bits per heavy atom. The molecule has 31 heavy (non-hydrogen) atoms. The van der Waals surface area contributed by atoms with Crippen LogP contribution < -0.4 is 10.1 Å². The van der Waals surface area contributed by atoms with Crippen molar-refractivity contribution in [3.05, 3.63) is 72.1 Å². The summed E-state index contributed by atoms with van der Waals surface area (Å²) in [6.45, 7) is 1.43. The van der Waals surface area contributed by atoms with E-state index in [4.69, 9.17) is 13.9 Å². The molecule has 0 saturated carbocycles. The number of aromatic nitrogens is 2. The molecule has 0 saturated heterocycles. The summed E-state index contributed by atoms with van der Waals surface area (Å²) in [5.74, 6) is 0.186. The molecule has 1 N–H and O–H groups in total. The van der Waals surface area contributed by atoms with Gasteiger partial charge < -0.3 is 19.2 Å². The molecule has 2 aromatic heterocycles. The van der Waals surface area contributed by atoms with Gasteiger partial charge in [-0.2, -0.15) is 5.10 Å². The van der Waals surface area contributed by atoms with Gasteiger partial charge in [-0.1, -0.05) is 18.2 Å². The third-order valence-electron chi connectivity index (χ3n) is 4.66. The zero-order chi connectivity index (χ0) is 21.8. The quantitative estimate of drug-likeness (QED) is 0.459. The Morgan fingerprint density at radius 3 is 2.71 bits per heavy atom. The normalized spacial score (nSPS) is 10.8. The van der Waals surface area contributed by atoms with Gasteiger partial charge in [0.2, 0.25) is 0 Å². The van der Waals surface area contributed by atoms with Crippen molar-refractivity contribution in [1.82, 2.24) is 9.78 Å². The number of furan rings is 1. The lowest BCUT2D eigenvalue weighted by atomic mass is 10.1. The van der Waals surface area contributed by atoms with E-state index in [2.05, 4.69) is 10.4 Å². The summed E-state index contributed by atoms with van der Waals surface area (Å²) in [4.78, 5) is 24.6. The first-order chi connectivity index (χ1) is 15.0. The van der Waals surface area contributed by atoms with Gasteiger partial charge in [-0.05, 0) is 31.2 Å². The number of anilines is 1.